The highest BCUT2D eigenvalue weighted by Gasteiger charge is 2.65. The van der Waals surface area contributed by atoms with Crippen molar-refractivity contribution in [1.82, 2.24) is 0 Å². The van der Waals surface area contributed by atoms with Crippen LogP contribution < -0.4 is 0 Å². The van der Waals surface area contributed by atoms with Gasteiger partial charge in [0.25, 0.3) is 0 Å². The van der Waals surface area contributed by atoms with Crippen LogP contribution in [-0.4, -0.2) is 5.78 Å². The van der Waals surface area contributed by atoms with Crippen LogP contribution in [0.3, 0.4) is 0 Å². The molecular formula is C27H42O. The zero-order chi connectivity index (χ0) is 19.5. The molecule has 1 heteroatoms. The van der Waals surface area contributed by atoms with Crippen molar-refractivity contribution >= 4 is 5.78 Å². The van der Waals surface area contributed by atoms with E-state index in [9.17, 15) is 4.79 Å². The second-order valence-corrected chi connectivity index (χ2v) is 14.0. The third-order valence-corrected chi connectivity index (χ3v) is 11.9. The average Bonchev–Trinajstić information content (AvgIpc) is 2.58. The molecule has 0 amide bonds. The minimum atomic E-state index is -0.143. The van der Waals surface area contributed by atoms with Crippen molar-refractivity contribution in [2.75, 3.05) is 0 Å². The van der Waals surface area contributed by atoms with Crippen LogP contribution in [0.5, 0.6) is 0 Å². The molecule has 0 aromatic carbocycles. The van der Waals surface area contributed by atoms with E-state index in [1.807, 2.05) is 0 Å². The number of hydrogen-bond donors (Lipinski definition) is 0. The van der Waals surface area contributed by atoms with Gasteiger partial charge in [0, 0.05) is 10.8 Å². The predicted molar refractivity (Wildman–Crippen MR) is 114 cm³/mol. The van der Waals surface area contributed by atoms with Crippen molar-refractivity contribution in [1.29, 1.82) is 0 Å². The fourth-order valence-corrected chi connectivity index (χ4v) is 11.0. The van der Waals surface area contributed by atoms with Crippen LogP contribution in [0.2, 0.25) is 0 Å². The third kappa shape index (κ3) is 2.23. The molecule has 156 valence electrons. The Morgan fingerprint density at radius 3 is 0.964 bits per heavy atom. The molecule has 1 nitrogen and oxygen atoms in total. The first-order chi connectivity index (χ1) is 13.1. The summed E-state index contributed by atoms with van der Waals surface area (Å²) < 4.78 is 0. The van der Waals surface area contributed by atoms with Crippen LogP contribution >= 0.6 is 0 Å². The molecule has 0 aromatic heterocycles. The average molecular weight is 383 g/mol. The number of Topliss-reactive ketones (excluding diaryl/α,β-unsaturated/α-hetero) is 1. The van der Waals surface area contributed by atoms with Gasteiger partial charge < -0.3 is 0 Å². The van der Waals surface area contributed by atoms with Crippen LogP contribution in [0.1, 0.15) is 105 Å². The summed E-state index contributed by atoms with van der Waals surface area (Å²) in [6.07, 6.45) is 17.0. The monoisotopic (exact) mass is 382 g/mol. The maximum atomic E-state index is 14.5. The molecular weight excluding hydrogens is 340 g/mol. The van der Waals surface area contributed by atoms with E-state index in [0.717, 1.165) is 35.5 Å². The fraction of sp³-hybridized carbons (Fsp3) is 0.963. The summed E-state index contributed by atoms with van der Waals surface area (Å²) in [6, 6.07) is 0. The van der Waals surface area contributed by atoms with Crippen LogP contribution in [0.25, 0.3) is 0 Å². The Labute approximate surface area is 172 Å². The quantitative estimate of drug-likeness (QED) is 0.509. The van der Waals surface area contributed by atoms with E-state index < -0.39 is 0 Å². The van der Waals surface area contributed by atoms with E-state index in [-0.39, 0.29) is 10.8 Å². The van der Waals surface area contributed by atoms with E-state index in [4.69, 9.17) is 0 Å². The van der Waals surface area contributed by atoms with E-state index >= 15 is 0 Å². The molecule has 28 heavy (non-hydrogen) atoms. The highest BCUT2D eigenvalue weighted by Crippen LogP contribution is 2.70. The summed E-state index contributed by atoms with van der Waals surface area (Å²) in [5.74, 6) is 6.25. The predicted octanol–water partition coefficient (Wildman–Crippen LogP) is 7.04. The molecule has 0 unspecified atom stereocenters. The van der Waals surface area contributed by atoms with Crippen molar-refractivity contribution in [3.63, 3.8) is 0 Å². The second-order valence-electron chi connectivity index (χ2n) is 14.0. The molecule has 0 spiro atoms. The topological polar surface area (TPSA) is 17.1 Å². The molecule has 8 saturated carbocycles. The highest BCUT2D eigenvalue weighted by atomic mass is 16.1. The molecule has 8 aliphatic carbocycles. The van der Waals surface area contributed by atoms with Crippen molar-refractivity contribution in [2.24, 2.45) is 57.2 Å². The first kappa shape index (κ1) is 18.4. The molecule has 0 N–H and O–H groups in total. The Kier molecular flexibility index (Phi) is 3.60. The SMILES string of the molecule is CC(C)(C(=O)C(C)(C)C12CC3CC(CC(C3)C1)C2)C12CC3CC(CC(C3)C1)C2. The number of carbonyl (C=O) groups is 1. The first-order valence-corrected chi connectivity index (χ1v) is 12.7. The van der Waals surface area contributed by atoms with E-state index in [2.05, 4.69) is 27.7 Å². The minimum absolute atomic E-state index is 0.143. The van der Waals surface area contributed by atoms with Crippen molar-refractivity contribution in [2.45, 2.75) is 105 Å². The first-order valence-electron chi connectivity index (χ1n) is 12.7. The summed E-state index contributed by atoms with van der Waals surface area (Å²) in [4.78, 5) is 14.5. The lowest BCUT2D eigenvalue weighted by Gasteiger charge is -2.66. The lowest BCUT2D eigenvalue weighted by atomic mass is 9.38. The number of rotatable bonds is 4. The van der Waals surface area contributed by atoms with Crippen molar-refractivity contribution in [3.05, 3.63) is 0 Å². The maximum absolute atomic E-state index is 14.5. The Bertz CT molecular complexity index is 566. The Hall–Kier alpha value is -0.330. The molecule has 8 bridgehead atoms. The molecule has 8 aliphatic rings. The Morgan fingerprint density at radius 2 is 0.750 bits per heavy atom. The molecule has 0 radical (unpaired) electrons. The van der Waals surface area contributed by atoms with Crippen molar-refractivity contribution in [3.8, 4) is 0 Å². The van der Waals surface area contributed by atoms with Crippen LogP contribution in [0, 0.1) is 57.2 Å². The Balaban J connectivity index is 1.34. The third-order valence-electron chi connectivity index (χ3n) is 11.9. The van der Waals surface area contributed by atoms with Crippen LogP contribution in [-0.2, 0) is 4.79 Å². The van der Waals surface area contributed by atoms with Crippen molar-refractivity contribution < 1.29 is 4.79 Å². The molecule has 8 rings (SSSR count). The molecule has 0 aromatic rings. The van der Waals surface area contributed by atoms with Gasteiger partial charge in [0.1, 0.15) is 5.78 Å². The smallest absolute Gasteiger partial charge is 0.145 e. The van der Waals surface area contributed by atoms with Gasteiger partial charge in [0.05, 0.1) is 0 Å². The van der Waals surface area contributed by atoms with Gasteiger partial charge in [-0.25, -0.2) is 0 Å². The van der Waals surface area contributed by atoms with Gasteiger partial charge in [-0.05, 0) is 123 Å². The van der Waals surface area contributed by atoms with Gasteiger partial charge >= 0.3 is 0 Å². The maximum Gasteiger partial charge on any atom is 0.145 e. The Morgan fingerprint density at radius 1 is 0.536 bits per heavy atom. The summed E-state index contributed by atoms with van der Waals surface area (Å²) in [5.41, 5.74) is 0.350. The normalized spacial score (nSPS) is 51.7. The lowest BCUT2D eigenvalue weighted by Crippen LogP contribution is -2.62. The number of hydrogen-bond acceptors (Lipinski definition) is 1. The largest absolute Gasteiger partial charge is 0.298 e. The molecule has 0 aliphatic heterocycles. The summed E-state index contributed by atoms with van der Waals surface area (Å²) in [7, 11) is 0. The van der Waals surface area contributed by atoms with Crippen LogP contribution in [0.4, 0.5) is 0 Å². The van der Waals surface area contributed by atoms with Gasteiger partial charge in [-0.3, -0.25) is 4.79 Å². The van der Waals surface area contributed by atoms with Gasteiger partial charge in [-0.15, -0.1) is 0 Å². The van der Waals surface area contributed by atoms with Crippen LogP contribution in [0.15, 0.2) is 0 Å². The van der Waals surface area contributed by atoms with Gasteiger partial charge in [0.2, 0.25) is 0 Å². The summed E-state index contributed by atoms with van der Waals surface area (Å²) in [5, 5.41) is 0. The number of ketones is 1. The van der Waals surface area contributed by atoms with Gasteiger partial charge in [-0.2, -0.15) is 0 Å². The zero-order valence-corrected chi connectivity index (χ0v) is 18.9. The lowest BCUT2D eigenvalue weighted by molar-refractivity contribution is -0.182. The number of carbonyl (C=O) groups excluding carboxylic acids is 1. The standard InChI is InChI=1S/C27H42O/c1-24(2,26-11-17-5-18(12-26)7-19(6-17)13-26)23(28)25(3,4)27-14-20-8-21(15-27)10-22(9-20)16-27/h17-22H,5-16H2,1-4H3. The fourth-order valence-electron chi connectivity index (χ4n) is 11.0. The molecule has 0 saturated heterocycles. The summed E-state index contributed by atoms with van der Waals surface area (Å²) in [6.45, 7) is 9.57. The molecule has 8 fully saturated rings. The highest BCUT2D eigenvalue weighted by molar-refractivity contribution is 5.91. The minimum Gasteiger partial charge on any atom is -0.298 e. The van der Waals surface area contributed by atoms with Gasteiger partial charge in [0.15, 0.2) is 0 Å². The summed E-state index contributed by atoms with van der Waals surface area (Å²) >= 11 is 0. The molecule has 0 heterocycles. The molecule has 0 atom stereocenters. The van der Waals surface area contributed by atoms with Gasteiger partial charge in [-0.1, -0.05) is 27.7 Å². The second kappa shape index (κ2) is 5.47. The van der Waals surface area contributed by atoms with E-state index in [1.165, 1.54) is 77.0 Å². The van der Waals surface area contributed by atoms with E-state index in [1.54, 1.807) is 0 Å². The van der Waals surface area contributed by atoms with E-state index in [0.29, 0.717) is 16.6 Å². The zero-order valence-electron chi connectivity index (χ0n) is 18.9.